The highest BCUT2D eigenvalue weighted by Gasteiger charge is 2.18. The molecule has 1 aromatic heterocycles. The predicted molar refractivity (Wildman–Crippen MR) is 84.2 cm³/mol. The van der Waals surface area contributed by atoms with E-state index in [0.29, 0.717) is 12.2 Å². The Bertz CT molecular complexity index is 701. The minimum atomic E-state index is -1.11. The number of carboxylic acids is 1. The molecule has 2 rings (SSSR count). The Labute approximate surface area is 132 Å². The molecule has 1 heterocycles. The highest BCUT2D eigenvalue weighted by molar-refractivity contribution is 9.10. The van der Waals surface area contributed by atoms with Gasteiger partial charge in [0, 0.05) is 33.9 Å². The van der Waals surface area contributed by atoms with Crippen molar-refractivity contribution in [3.8, 4) is 0 Å². The number of anilines is 1. The first kappa shape index (κ1) is 15.5. The van der Waals surface area contributed by atoms with Crippen LogP contribution >= 0.6 is 27.3 Å². The number of hydrogen-bond acceptors (Lipinski definition) is 5. The Kier molecular flexibility index (Phi) is 4.59. The van der Waals surface area contributed by atoms with E-state index in [9.17, 15) is 20.0 Å². The summed E-state index contributed by atoms with van der Waals surface area (Å²) in [5, 5.41) is 22.0. The predicted octanol–water partition coefficient (Wildman–Crippen LogP) is 3.75. The first-order valence-electron chi connectivity index (χ1n) is 5.84. The monoisotopic (exact) mass is 370 g/mol. The van der Waals surface area contributed by atoms with Crippen molar-refractivity contribution in [1.29, 1.82) is 0 Å². The maximum absolute atomic E-state index is 11.3. The van der Waals surface area contributed by atoms with Gasteiger partial charge in [-0.1, -0.05) is 0 Å². The van der Waals surface area contributed by atoms with Crippen molar-refractivity contribution in [2.24, 2.45) is 0 Å². The van der Waals surface area contributed by atoms with Gasteiger partial charge >= 0.3 is 5.97 Å². The SMILES string of the molecule is CN(Cc1cc(Br)cs1)c1cc([N+](=O)[O-])ccc1C(=O)O. The van der Waals surface area contributed by atoms with Crippen LogP contribution in [0.2, 0.25) is 0 Å². The van der Waals surface area contributed by atoms with E-state index in [2.05, 4.69) is 15.9 Å². The average Bonchev–Trinajstić information content (AvgIpc) is 2.83. The fraction of sp³-hybridized carbons (Fsp3) is 0.154. The summed E-state index contributed by atoms with van der Waals surface area (Å²) in [4.78, 5) is 24.3. The van der Waals surface area contributed by atoms with E-state index in [4.69, 9.17) is 0 Å². The molecule has 0 spiro atoms. The number of nitrogens with zero attached hydrogens (tertiary/aromatic N) is 2. The van der Waals surface area contributed by atoms with Gasteiger partial charge in [0.25, 0.3) is 5.69 Å². The molecule has 0 amide bonds. The molecule has 0 aliphatic rings. The maximum atomic E-state index is 11.3. The number of nitro groups is 1. The van der Waals surface area contributed by atoms with Crippen LogP contribution in [0.1, 0.15) is 15.2 Å². The van der Waals surface area contributed by atoms with E-state index in [-0.39, 0.29) is 11.3 Å². The summed E-state index contributed by atoms with van der Waals surface area (Å²) < 4.78 is 0.952. The summed E-state index contributed by atoms with van der Waals surface area (Å²) in [5.74, 6) is -1.11. The smallest absolute Gasteiger partial charge is 0.337 e. The van der Waals surface area contributed by atoms with Gasteiger partial charge in [0.05, 0.1) is 22.7 Å². The van der Waals surface area contributed by atoms with Crippen LogP contribution in [0.5, 0.6) is 0 Å². The summed E-state index contributed by atoms with van der Waals surface area (Å²) in [5.41, 5.74) is 0.231. The number of nitro benzene ring substituents is 1. The number of benzene rings is 1. The van der Waals surface area contributed by atoms with Gasteiger partial charge in [-0.2, -0.15) is 0 Å². The molecule has 0 saturated heterocycles. The van der Waals surface area contributed by atoms with Crippen molar-refractivity contribution in [3.05, 3.63) is 54.7 Å². The molecule has 8 heteroatoms. The van der Waals surface area contributed by atoms with Crippen molar-refractivity contribution in [1.82, 2.24) is 0 Å². The molecule has 0 aliphatic heterocycles. The van der Waals surface area contributed by atoms with Crippen LogP contribution < -0.4 is 4.90 Å². The first-order chi connectivity index (χ1) is 9.88. The topological polar surface area (TPSA) is 83.7 Å². The number of carbonyl (C=O) groups is 1. The van der Waals surface area contributed by atoms with E-state index < -0.39 is 10.9 Å². The summed E-state index contributed by atoms with van der Waals surface area (Å²) in [6.45, 7) is 0.470. The lowest BCUT2D eigenvalue weighted by Crippen LogP contribution is -2.19. The average molecular weight is 371 g/mol. The fourth-order valence-corrected chi connectivity index (χ4v) is 3.39. The maximum Gasteiger partial charge on any atom is 0.337 e. The van der Waals surface area contributed by atoms with Crippen molar-refractivity contribution >= 4 is 44.6 Å². The molecule has 0 bridgehead atoms. The van der Waals surface area contributed by atoms with E-state index in [1.54, 1.807) is 11.9 Å². The summed E-state index contributed by atoms with van der Waals surface area (Å²) >= 11 is 4.88. The van der Waals surface area contributed by atoms with E-state index in [1.165, 1.54) is 29.5 Å². The second-order valence-corrected chi connectivity index (χ2v) is 6.26. The molecule has 0 unspecified atom stereocenters. The van der Waals surface area contributed by atoms with Crippen LogP contribution in [-0.4, -0.2) is 23.0 Å². The standard InChI is InChI=1S/C13H11BrN2O4S/c1-15(6-10-4-8(14)7-21-10)12-5-9(16(19)20)2-3-11(12)13(17)18/h2-5,7H,6H2,1H3,(H,17,18). The number of rotatable bonds is 5. The summed E-state index contributed by atoms with van der Waals surface area (Å²) in [6.07, 6.45) is 0. The quantitative estimate of drug-likeness (QED) is 0.639. The summed E-state index contributed by atoms with van der Waals surface area (Å²) in [6, 6.07) is 5.67. The molecular weight excluding hydrogens is 360 g/mol. The zero-order chi connectivity index (χ0) is 15.6. The molecule has 0 atom stereocenters. The minimum Gasteiger partial charge on any atom is -0.478 e. The molecule has 110 valence electrons. The van der Waals surface area contributed by atoms with Crippen LogP contribution in [0.25, 0.3) is 0 Å². The Balaban J connectivity index is 2.37. The van der Waals surface area contributed by atoms with Crippen LogP contribution in [0, 0.1) is 10.1 Å². The molecule has 0 saturated carbocycles. The highest BCUT2D eigenvalue weighted by atomic mass is 79.9. The van der Waals surface area contributed by atoms with Gasteiger partial charge in [-0.25, -0.2) is 4.79 Å². The lowest BCUT2D eigenvalue weighted by Gasteiger charge is -2.20. The van der Waals surface area contributed by atoms with Crippen molar-refractivity contribution < 1.29 is 14.8 Å². The number of carboxylic acid groups (broad SMARTS) is 1. The number of hydrogen-bond donors (Lipinski definition) is 1. The van der Waals surface area contributed by atoms with Gasteiger partial charge in [-0.05, 0) is 28.1 Å². The van der Waals surface area contributed by atoms with Crippen molar-refractivity contribution in [2.75, 3.05) is 11.9 Å². The lowest BCUT2D eigenvalue weighted by molar-refractivity contribution is -0.384. The highest BCUT2D eigenvalue weighted by Crippen LogP contribution is 2.28. The summed E-state index contributed by atoms with van der Waals surface area (Å²) in [7, 11) is 1.71. The fourth-order valence-electron chi connectivity index (χ4n) is 1.89. The Morgan fingerprint density at radius 1 is 1.48 bits per heavy atom. The Morgan fingerprint density at radius 3 is 2.71 bits per heavy atom. The van der Waals surface area contributed by atoms with Gasteiger partial charge in [-0.3, -0.25) is 10.1 Å². The molecule has 0 radical (unpaired) electrons. The number of halogens is 1. The second-order valence-electron chi connectivity index (χ2n) is 4.35. The minimum absolute atomic E-state index is 0.0405. The van der Waals surface area contributed by atoms with Crippen molar-refractivity contribution in [2.45, 2.75) is 6.54 Å². The number of thiophene rings is 1. The normalized spacial score (nSPS) is 10.4. The van der Waals surface area contributed by atoms with Gasteiger partial charge in [0.15, 0.2) is 0 Å². The molecule has 1 N–H and O–H groups in total. The number of non-ortho nitro benzene ring substituents is 1. The number of aromatic carboxylic acids is 1. The lowest BCUT2D eigenvalue weighted by atomic mass is 10.1. The third-order valence-electron chi connectivity index (χ3n) is 2.85. The largest absolute Gasteiger partial charge is 0.478 e. The van der Waals surface area contributed by atoms with Crippen molar-refractivity contribution in [3.63, 3.8) is 0 Å². The van der Waals surface area contributed by atoms with Crippen LogP contribution in [0.15, 0.2) is 34.1 Å². The molecule has 0 aliphatic carbocycles. The van der Waals surface area contributed by atoms with Gasteiger partial charge in [-0.15, -0.1) is 11.3 Å². The molecular formula is C13H11BrN2O4S. The van der Waals surface area contributed by atoms with Crippen LogP contribution in [0.4, 0.5) is 11.4 Å². The molecule has 6 nitrogen and oxygen atoms in total. The second kappa shape index (κ2) is 6.23. The molecule has 0 fully saturated rings. The Morgan fingerprint density at radius 2 is 2.19 bits per heavy atom. The molecule has 1 aromatic carbocycles. The molecule has 2 aromatic rings. The first-order valence-corrected chi connectivity index (χ1v) is 7.51. The molecule has 21 heavy (non-hydrogen) atoms. The van der Waals surface area contributed by atoms with Gasteiger partial charge in [0.2, 0.25) is 0 Å². The van der Waals surface area contributed by atoms with Gasteiger partial charge < -0.3 is 10.0 Å². The van der Waals surface area contributed by atoms with Crippen LogP contribution in [-0.2, 0) is 6.54 Å². The third kappa shape index (κ3) is 3.59. The third-order valence-corrected chi connectivity index (χ3v) is 4.53. The van der Waals surface area contributed by atoms with Crippen LogP contribution in [0.3, 0.4) is 0 Å². The van der Waals surface area contributed by atoms with Gasteiger partial charge in [0.1, 0.15) is 0 Å². The zero-order valence-electron chi connectivity index (χ0n) is 10.9. The van der Waals surface area contributed by atoms with E-state index in [0.717, 1.165) is 9.35 Å². The van der Waals surface area contributed by atoms with E-state index >= 15 is 0 Å². The zero-order valence-corrected chi connectivity index (χ0v) is 13.3. The van der Waals surface area contributed by atoms with E-state index in [1.807, 2.05) is 11.4 Å². The Hall–Kier alpha value is -1.93.